The zero-order valence-electron chi connectivity index (χ0n) is 49.4. The van der Waals surface area contributed by atoms with Gasteiger partial charge in [-0.1, -0.05) is 217 Å². The van der Waals surface area contributed by atoms with Gasteiger partial charge >= 0.3 is 23.9 Å². The molecule has 3 N–H and O–H groups in total. The third-order valence-corrected chi connectivity index (χ3v) is 12.3. The van der Waals surface area contributed by atoms with Gasteiger partial charge in [-0.05, 0) is 122 Å². The van der Waals surface area contributed by atoms with E-state index in [1.165, 1.54) is 0 Å². The topological polar surface area (TPSA) is 175 Å². The molecule has 6 unspecified atom stereocenters. The summed E-state index contributed by atoms with van der Waals surface area (Å²) >= 11 is 0. The minimum Gasteiger partial charge on any atom is -0.479 e. The summed E-state index contributed by atoms with van der Waals surface area (Å²) in [7, 11) is 0. The van der Waals surface area contributed by atoms with Crippen LogP contribution in [0.1, 0.15) is 188 Å². The van der Waals surface area contributed by atoms with Crippen molar-refractivity contribution in [1.29, 1.82) is 0 Å². The molecular weight excluding hydrogens is 1020 g/mol. The number of rotatable bonds is 48. The van der Waals surface area contributed by atoms with Crippen molar-refractivity contribution >= 4 is 23.9 Å². The van der Waals surface area contributed by atoms with Gasteiger partial charge in [0.15, 0.2) is 24.6 Å². The monoisotopic (exact) mass is 1120 g/mol. The van der Waals surface area contributed by atoms with E-state index in [0.29, 0.717) is 25.7 Å². The molecule has 1 fully saturated rings. The molecule has 1 saturated heterocycles. The van der Waals surface area contributed by atoms with Gasteiger partial charge in [0.05, 0.1) is 13.0 Å². The van der Waals surface area contributed by atoms with Crippen LogP contribution in [0.2, 0.25) is 0 Å². The standard InChI is InChI=1S/C69H102O12/c1-4-7-10-13-16-19-22-25-28-30-31-33-35-37-40-43-46-49-52-55-61(70)77-58-60(79-62(71)56-53-50-47-44-41-38-34-27-24-21-18-15-12-9-6-3)59-78-69-67(65(74)64(73)66(81-69)68(75)76)80-63(72)57-54-51-48-45-42-39-36-32-29-26-23-20-17-14-11-8-5-2/h7-12,16-21,25-29,31,33-34,36,39,41,44-45,48,50,53,60,64-67,69,73-74H,4-6,13-15,22-24,30,32,35,37-38,40,42-43,46-47,49,51-52,54-59H2,1-3H3,(H,75,76)/b10-7-,11-8-,12-9-,19-16-,20-17-,21-18-,28-25-,29-26-,33-31-,34-27-,39-36-,44-41-,48-45-,53-50-. The van der Waals surface area contributed by atoms with E-state index in [1.807, 2.05) is 30.4 Å². The van der Waals surface area contributed by atoms with Crippen LogP contribution in [0.5, 0.6) is 0 Å². The van der Waals surface area contributed by atoms with Crippen LogP contribution >= 0.6 is 0 Å². The van der Waals surface area contributed by atoms with Crippen LogP contribution in [0.25, 0.3) is 0 Å². The van der Waals surface area contributed by atoms with Gasteiger partial charge < -0.3 is 39.0 Å². The van der Waals surface area contributed by atoms with E-state index in [4.69, 9.17) is 23.7 Å². The molecule has 0 spiro atoms. The van der Waals surface area contributed by atoms with Crippen LogP contribution in [0, 0.1) is 0 Å². The highest BCUT2D eigenvalue weighted by Crippen LogP contribution is 2.26. The van der Waals surface area contributed by atoms with Gasteiger partial charge in [-0.3, -0.25) is 14.4 Å². The van der Waals surface area contributed by atoms with Crippen molar-refractivity contribution in [2.75, 3.05) is 13.2 Å². The van der Waals surface area contributed by atoms with Crippen LogP contribution < -0.4 is 0 Å². The molecule has 0 saturated carbocycles. The van der Waals surface area contributed by atoms with Crippen LogP contribution in [-0.2, 0) is 42.9 Å². The lowest BCUT2D eigenvalue weighted by molar-refractivity contribution is -0.301. The van der Waals surface area contributed by atoms with Crippen molar-refractivity contribution in [3.8, 4) is 0 Å². The summed E-state index contributed by atoms with van der Waals surface area (Å²) in [5, 5.41) is 31.5. The first-order valence-corrected chi connectivity index (χ1v) is 30.1. The molecule has 81 heavy (non-hydrogen) atoms. The van der Waals surface area contributed by atoms with Crippen molar-refractivity contribution in [3.63, 3.8) is 0 Å². The molecule has 12 heteroatoms. The summed E-state index contributed by atoms with van der Waals surface area (Å²) in [6, 6.07) is 0. The summed E-state index contributed by atoms with van der Waals surface area (Å²) < 4.78 is 28.2. The molecule has 450 valence electrons. The van der Waals surface area contributed by atoms with Gasteiger partial charge in [0.25, 0.3) is 0 Å². The number of unbranched alkanes of at least 4 members (excludes halogenated alkanes) is 7. The largest absolute Gasteiger partial charge is 0.479 e. The Balaban J connectivity index is 2.79. The van der Waals surface area contributed by atoms with Crippen LogP contribution in [-0.4, -0.2) is 89.2 Å². The molecule has 1 aliphatic heterocycles. The molecule has 0 radical (unpaired) electrons. The van der Waals surface area contributed by atoms with Gasteiger partial charge in [-0.15, -0.1) is 0 Å². The predicted molar refractivity (Wildman–Crippen MR) is 330 cm³/mol. The normalized spacial score (nSPS) is 19.0. The molecule has 0 aromatic carbocycles. The van der Waals surface area contributed by atoms with Gasteiger partial charge in [-0.25, -0.2) is 4.79 Å². The maximum Gasteiger partial charge on any atom is 0.335 e. The van der Waals surface area contributed by atoms with Crippen molar-refractivity contribution in [1.82, 2.24) is 0 Å². The summed E-state index contributed by atoms with van der Waals surface area (Å²) in [5.74, 6) is -3.42. The lowest BCUT2D eigenvalue weighted by Gasteiger charge is -2.40. The van der Waals surface area contributed by atoms with Crippen LogP contribution in [0.15, 0.2) is 170 Å². The fourth-order valence-corrected chi connectivity index (χ4v) is 7.82. The van der Waals surface area contributed by atoms with Crippen molar-refractivity contribution < 1.29 is 58.2 Å². The molecule has 0 aromatic rings. The van der Waals surface area contributed by atoms with Crippen molar-refractivity contribution in [3.05, 3.63) is 170 Å². The number of aliphatic carboxylic acids is 1. The Kier molecular flexibility index (Phi) is 49.3. The second kappa shape index (κ2) is 54.7. The predicted octanol–water partition coefficient (Wildman–Crippen LogP) is 15.9. The number of esters is 3. The average molecular weight is 1120 g/mol. The minimum absolute atomic E-state index is 0.0403. The Morgan fingerprint density at radius 1 is 0.420 bits per heavy atom. The number of allylic oxidation sites excluding steroid dienone is 27. The molecular formula is C69H102O12. The highest BCUT2D eigenvalue weighted by molar-refractivity contribution is 5.74. The van der Waals surface area contributed by atoms with E-state index >= 15 is 0 Å². The van der Waals surface area contributed by atoms with E-state index in [-0.39, 0.29) is 25.9 Å². The van der Waals surface area contributed by atoms with E-state index < -0.39 is 67.3 Å². The second-order valence-corrected chi connectivity index (χ2v) is 19.5. The Bertz CT molecular complexity index is 2060. The Labute approximate surface area is 487 Å². The van der Waals surface area contributed by atoms with Gasteiger partial charge in [0.1, 0.15) is 18.8 Å². The average Bonchev–Trinajstić information content (AvgIpc) is 3.53. The molecule has 0 amide bonds. The number of aliphatic hydroxyl groups is 2. The molecule has 6 atom stereocenters. The lowest BCUT2D eigenvalue weighted by atomic mass is 9.98. The fourth-order valence-electron chi connectivity index (χ4n) is 7.82. The zero-order valence-corrected chi connectivity index (χ0v) is 49.4. The first kappa shape index (κ1) is 73.1. The summed E-state index contributed by atoms with van der Waals surface area (Å²) in [5.41, 5.74) is 0. The third kappa shape index (κ3) is 44.4. The molecule has 1 aliphatic rings. The molecule has 0 bridgehead atoms. The minimum atomic E-state index is -1.95. The number of carboxylic acid groups (broad SMARTS) is 1. The number of carboxylic acids is 1. The van der Waals surface area contributed by atoms with Crippen LogP contribution in [0.4, 0.5) is 0 Å². The Hall–Kier alpha value is -5.92. The third-order valence-electron chi connectivity index (χ3n) is 12.3. The number of carbonyl (C=O) groups is 4. The SMILES string of the molecule is CC/C=C\C/C=C\C/C=C\C/C=C\C/C=C\CCCC(=O)OC1C(OCC(COC(=O)CCCCCCCC/C=C\C/C=C\C/C=C\C/C=C\CC)OC(=O)C/C=C\C/C=C\C/C=C\C/C=C\C/C=C\CC)OC(C(=O)O)C(O)C1O. The second-order valence-electron chi connectivity index (χ2n) is 19.5. The molecule has 12 nitrogen and oxygen atoms in total. The van der Waals surface area contributed by atoms with E-state index in [0.717, 1.165) is 122 Å². The van der Waals surface area contributed by atoms with Gasteiger partial charge in [-0.2, -0.15) is 0 Å². The molecule has 0 aromatic heterocycles. The first-order valence-electron chi connectivity index (χ1n) is 30.1. The highest BCUT2D eigenvalue weighted by Gasteiger charge is 2.50. The van der Waals surface area contributed by atoms with Crippen molar-refractivity contribution in [2.45, 2.75) is 225 Å². The van der Waals surface area contributed by atoms with Crippen LogP contribution in [0.3, 0.4) is 0 Å². The highest BCUT2D eigenvalue weighted by atomic mass is 16.7. The summed E-state index contributed by atoms with van der Waals surface area (Å²) in [6.45, 7) is 5.51. The van der Waals surface area contributed by atoms with Gasteiger partial charge in [0, 0.05) is 12.8 Å². The summed E-state index contributed by atoms with van der Waals surface area (Å²) in [4.78, 5) is 51.1. The Morgan fingerprint density at radius 3 is 1.22 bits per heavy atom. The van der Waals surface area contributed by atoms with E-state index in [2.05, 4.69) is 154 Å². The number of carbonyl (C=O) groups excluding carboxylic acids is 3. The maximum absolute atomic E-state index is 13.1. The van der Waals surface area contributed by atoms with Gasteiger partial charge in [0.2, 0.25) is 0 Å². The van der Waals surface area contributed by atoms with E-state index in [1.54, 1.807) is 6.08 Å². The zero-order chi connectivity index (χ0) is 58.9. The quantitative estimate of drug-likeness (QED) is 0.0228. The lowest BCUT2D eigenvalue weighted by Crippen LogP contribution is -2.61. The number of ether oxygens (including phenoxy) is 5. The molecule has 1 rings (SSSR count). The van der Waals surface area contributed by atoms with Crippen molar-refractivity contribution in [2.24, 2.45) is 0 Å². The molecule has 1 heterocycles. The number of hydrogen-bond acceptors (Lipinski definition) is 11. The van der Waals surface area contributed by atoms with E-state index in [9.17, 15) is 34.5 Å². The summed E-state index contributed by atoms with van der Waals surface area (Å²) in [6.07, 6.45) is 69.2. The first-order chi connectivity index (χ1) is 39.6. The fraction of sp³-hybridized carbons (Fsp3) is 0.536. The number of aliphatic hydroxyl groups excluding tert-OH is 2. The number of hydrogen-bond donors (Lipinski definition) is 3. The molecule has 0 aliphatic carbocycles. The smallest absolute Gasteiger partial charge is 0.335 e. The Morgan fingerprint density at radius 2 is 0.790 bits per heavy atom. The maximum atomic E-state index is 13.1.